The van der Waals surface area contributed by atoms with Crippen LogP contribution in [0.4, 0.5) is 0 Å². The van der Waals surface area contributed by atoms with Gasteiger partial charge >= 0.3 is 11.9 Å². The van der Waals surface area contributed by atoms with Gasteiger partial charge in [-0.05, 0) is 6.92 Å². The monoisotopic (exact) mass is 364 g/mol. The Morgan fingerprint density at radius 2 is 1.67 bits per heavy atom. The van der Waals surface area contributed by atoms with Gasteiger partial charge in [0.15, 0.2) is 0 Å². The third-order valence-corrected chi connectivity index (χ3v) is 3.11. The Morgan fingerprint density at radius 1 is 1.08 bits per heavy atom. The molecule has 0 heterocycles. The number of carbonyl (C=O) groups excluding carboxylic acids is 3. The highest BCUT2D eigenvalue weighted by molar-refractivity contribution is 7.80. The quantitative estimate of drug-likeness (QED) is 0.198. The first-order valence-corrected chi connectivity index (χ1v) is 7.40. The summed E-state index contributed by atoms with van der Waals surface area (Å²) in [6.07, 6.45) is -0.756. The second-order valence-electron chi connectivity index (χ2n) is 4.79. The number of nitrogens with one attached hydrogen (secondary N) is 3. The van der Waals surface area contributed by atoms with E-state index in [0.717, 1.165) is 0 Å². The van der Waals surface area contributed by atoms with Crippen molar-refractivity contribution in [3.8, 4) is 0 Å². The summed E-state index contributed by atoms with van der Waals surface area (Å²) in [7, 11) is 0. The summed E-state index contributed by atoms with van der Waals surface area (Å²) in [4.78, 5) is 56.4. The highest BCUT2D eigenvalue weighted by Crippen LogP contribution is 1.95. The Bertz CT molecular complexity index is 514. The van der Waals surface area contributed by atoms with Crippen molar-refractivity contribution >= 4 is 42.3 Å². The van der Waals surface area contributed by atoms with Crippen LogP contribution in [0.3, 0.4) is 0 Å². The zero-order valence-corrected chi connectivity index (χ0v) is 13.7. The number of carbonyl (C=O) groups is 5. The van der Waals surface area contributed by atoms with Crippen molar-refractivity contribution in [1.29, 1.82) is 0 Å². The summed E-state index contributed by atoms with van der Waals surface area (Å²) in [5.74, 6) is -5.08. The number of thiol groups is 1. The standard InChI is InChI=1S/C12H20N4O7S/c1-5(12(22)23)15-11(21)7(2-9(18)19)16-8(17)3-14-10(20)6(13)4-24/h5-7,24H,2-4,13H2,1H3,(H,14,20)(H,15,21)(H,16,17)(H,18,19)(H,22,23). The minimum Gasteiger partial charge on any atom is -0.481 e. The van der Waals surface area contributed by atoms with Gasteiger partial charge in [-0.2, -0.15) is 12.6 Å². The van der Waals surface area contributed by atoms with Gasteiger partial charge in [0.05, 0.1) is 19.0 Å². The molecular weight excluding hydrogens is 344 g/mol. The number of carboxylic acid groups (broad SMARTS) is 2. The summed E-state index contributed by atoms with van der Waals surface area (Å²) >= 11 is 3.82. The number of amides is 3. The number of rotatable bonds is 10. The SMILES string of the molecule is CC(NC(=O)C(CC(=O)O)NC(=O)CNC(=O)C(N)CS)C(=O)O. The van der Waals surface area contributed by atoms with Crippen LogP contribution < -0.4 is 21.7 Å². The summed E-state index contributed by atoms with van der Waals surface area (Å²) < 4.78 is 0. The third kappa shape index (κ3) is 8.33. The smallest absolute Gasteiger partial charge is 0.325 e. The predicted octanol–water partition coefficient (Wildman–Crippen LogP) is -3.09. The Balaban J connectivity index is 4.69. The van der Waals surface area contributed by atoms with Crippen molar-refractivity contribution in [2.75, 3.05) is 12.3 Å². The predicted molar refractivity (Wildman–Crippen MR) is 84.3 cm³/mol. The van der Waals surface area contributed by atoms with E-state index in [2.05, 4.69) is 23.3 Å². The molecule has 11 nitrogen and oxygen atoms in total. The second-order valence-corrected chi connectivity index (χ2v) is 5.16. The summed E-state index contributed by atoms with van der Waals surface area (Å²) in [6.45, 7) is 0.650. The van der Waals surface area contributed by atoms with E-state index in [1.807, 2.05) is 5.32 Å². The normalized spacial score (nSPS) is 14.0. The number of hydrogen-bond donors (Lipinski definition) is 7. The zero-order valence-electron chi connectivity index (χ0n) is 12.8. The van der Waals surface area contributed by atoms with Gasteiger partial charge in [-0.3, -0.25) is 24.0 Å². The van der Waals surface area contributed by atoms with Gasteiger partial charge in [-0.1, -0.05) is 0 Å². The lowest BCUT2D eigenvalue weighted by molar-refractivity contribution is -0.143. The van der Waals surface area contributed by atoms with Crippen LogP contribution >= 0.6 is 12.6 Å². The van der Waals surface area contributed by atoms with Crippen molar-refractivity contribution in [3.05, 3.63) is 0 Å². The average molecular weight is 364 g/mol. The fourth-order valence-electron chi connectivity index (χ4n) is 1.39. The molecule has 0 aromatic rings. The Morgan fingerprint density at radius 3 is 2.12 bits per heavy atom. The first-order valence-electron chi connectivity index (χ1n) is 6.77. The molecule has 0 spiro atoms. The molecule has 0 aromatic heterocycles. The van der Waals surface area contributed by atoms with E-state index in [9.17, 15) is 24.0 Å². The first-order chi connectivity index (χ1) is 11.1. The van der Waals surface area contributed by atoms with Crippen LogP contribution in [0.15, 0.2) is 0 Å². The van der Waals surface area contributed by atoms with Gasteiger partial charge in [0.25, 0.3) is 0 Å². The molecule has 0 saturated carbocycles. The van der Waals surface area contributed by atoms with Gasteiger partial charge in [0.2, 0.25) is 17.7 Å². The van der Waals surface area contributed by atoms with Crippen molar-refractivity contribution in [3.63, 3.8) is 0 Å². The van der Waals surface area contributed by atoms with Crippen molar-refractivity contribution in [1.82, 2.24) is 16.0 Å². The van der Waals surface area contributed by atoms with Crippen LogP contribution in [0.5, 0.6) is 0 Å². The van der Waals surface area contributed by atoms with Crippen molar-refractivity contribution < 1.29 is 34.2 Å². The molecular formula is C12H20N4O7S. The molecule has 136 valence electrons. The molecule has 0 fully saturated rings. The molecule has 0 radical (unpaired) electrons. The largest absolute Gasteiger partial charge is 0.481 e. The lowest BCUT2D eigenvalue weighted by atomic mass is 10.1. The molecule has 3 unspecified atom stereocenters. The molecule has 0 aliphatic rings. The lowest BCUT2D eigenvalue weighted by Gasteiger charge is -2.19. The van der Waals surface area contributed by atoms with Crippen LogP contribution in [0.2, 0.25) is 0 Å². The molecule has 24 heavy (non-hydrogen) atoms. The molecule has 0 bridgehead atoms. The van der Waals surface area contributed by atoms with E-state index in [1.165, 1.54) is 6.92 Å². The van der Waals surface area contributed by atoms with Crippen LogP contribution in [-0.4, -0.2) is 70.3 Å². The number of carboxylic acids is 2. The maximum Gasteiger partial charge on any atom is 0.325 e. The highest BCUT2D eigenvalue weighted by Gasteiger charge is 2.26. The topological polar surface area (TPSA) is 188 Å². The van der Waals surface area contributed by atoms with Gasteiger partial charge in [-0.15, -0.1) is 0 Å². The molecule has 0 aliphatic carbocycles. The molecule has 3 amide bonds. The highest BCUT2D eigenvalue weighted by atomic mass is 32.1. The van der Waals surface area contributed by atoms with Gasteiger partial charge in [0.1, 0.15) is 12.1 Å². The van der Waals surface area contributed by atoms with Crippen molar-refractivity contribution in [2.45, 2.75) is 31.5 Å². The first kappa shape index (κ1) is 21.7. The second kappa shape index (κ2) is 10.4. The molecule has 7 N–H and O–H groups in total. The lowest BCUT2D eigenvalue weighted by Crippen LogP contribution is -2.53. The van der Waals surface area contributed by atoms with Gasteiger partial charge < -0.3 is 31.9 Å². The van der Waals surface area contributed by atoms with Gasteiger partial charge in [-0.25, -0.2) is 0 Å². The van der Waals surface area contributed by atoms with E-state index in [-0.39, 0.29) is 5.75 Å². The number of nitrogens with two attached hydrogens (primary N) is 1. The van der Waals surface area contributed by atoms with Gasteiger partial charge in [0, 0.05) is 5.75 Å². The molecule has 12 heteroatoms. The van der Waals surface area contributed by atoms with E-state index in [1.54, 1.807) is 0 Å². The number of aliphatic carboxylic acids is 2. The Hall–Kier alpha value is -2.34. The summed E-state index contributed by atoms with van der Waals surface area (Å²) in [5.41, 5.74) is 5.38. The van der Waals surface area contributed by atoms with E-state index in [0.29, 0.717) is 0 Å². The van der Waals surface area contributed by atoms with Crippen LogP contribution in [-0.2, 0) is 24.0 Å². The Labute approximate surface area is 142 Å². The molecule has 3 atom stereocenters. The molecule has 0 saturated heterocycles. The summed E-state index contributed by atoms with van der Waals surface area (Å²) in [6, 6.07) is -3.68. The average Bonchev–Trinajstić information content (AvgIpc) is 2.50. The fraction of sp³-hybridized carbons (Fsp3) is 0.583. The van der Waals surface area contributed by atoms with E-state index >= 15 is 0 Å². The maximum atomic E-state index is 11.9. The zero-order chi connectivity index (χ0) is 18.9. The maximum absolute atomic E-state index is 11.9. The van der Waals surface area contributed by atoms with Crippen molar-refractivity contribution in [2.24, 2.45) is 5.73 Å². The molecule has 0 aromatic carbocycles. The van der Waals surface area contributed by atoms with Crippen LogP contribution in [0, 0.1) is 0 Å². The van der Waals surface area contributed by atoms with E-state index in [4.69, 9.17) is 15.9 Å². The minimum absolute atomic E-state index is 0.0601. The molecule has 0 aliphatic heterocycles. The third-order valence-electron chi connectivity index (χ3n) is 2.72. The van der Waals surface area contributed by atoms with Crippen LogP contribution in [0.1, 0.15) is 13.3 Å². The fourth-order valence-corrected chi connectivity index (χ4v) is 1.55. The Kier molecular flexibility index (Phi) is 9.42. The van der Waals surface area contributed by atoms with E-state index < -0.39 is 60.8 Å². The van der Waals surface area contributed by atoms with Crippen LogP contribution in [0.25, 0.3) is 0 Å². The minimum atomic E-state index is -1.49. The molecule has 0 rings (SSSR count). The summed E-state index contributed by atoms with van der Waals surface area (Å²) in [5, 5.41) is 23.8. The number of hydrogen-bond acceptors (Lipinski definition) is 7.